The van der Waals surface area contributed by atoms with Gasteiger partial charge in [0.15, 0.2) is 5.96 Å². The molecule has 1 aliphatic heterocycles. The molecule has 0 aliphatic carbocycles. The molecule has 2 N–H and O–H groups in total. The molecule has 1 aromatic heterocycles. The van der Waals surface area contributed by atoms with Crippen molar-refractivity contribution in [1.29, 1.82) is 0 Å². The number of hydrogen-bond acceptors (Lipinski definition) is 5. The van der Waals surface area contributed by atoms with Crippen LogP contribution in [0.2, 0.25) is 0 Å². The van der Waals surface area contributed by atoms with Crippen molar-refractivity contribution in [2.24, 2.45) is 12.0 Å². The van der Waals surface area contributed by atoms with E-state index in [9.17, 15) is 0 Å². The van der Waals surface area contributed by atoms with E-state index in [0.717, 1.165) is 38.0 Å². The Balaban J connectivity index is 1.45. The molecule has 1 saturated heterocycles. The third kappa shape index (κ3) is 6.03. The van der Waals surface area contributed by atoms with Gasteiger partial charge in [-0.2, -0.15) is 5.10 Å². The normalized spacial score (nSPS) is 16.8. The average Bonchev–Trinajstić information content (AvgIpc) is 3.00. The summed E-state index contributed by atoms with van der Waals surface area (Å²) in [7, 11) is 5.86. The monoisotopic (exact) mass is 384 g/mol. The Hall–Kier alpha value is -2.45. The van der Waals surface area contributed by atoms with Crippen LogP contribution in [0.1, 0.15) is 23.4 Å². The number of rotatable bonds is 6. The zero-order valence-electron chi connectivity index (χ0n) is 17.2. The summed E-state index contributed by atoms with van der Waals surface area (Å²) in [4.78, 5) is 13.4. The lowest BCUT2D eigenvalue weighted by atomic mass is 10.1. The van der Waals surface area contributed by atoms with Gasteiger partial charge in [-0.15, -0.1) is 0 Å². The van der Waals surface area contributed by atoms with Crippen molar-refractivity contribution >= 4 is 5.96 Å². The highest BCUT2D eigenvalue weighted by molar-refractivity contribution is 5.79. The molecule has 0 spiro atoms. The molecule has 152 valence electrons. The molecule has 8 nitrogen and oxygen atoms in total. The van der Waals surface area contributed by atoms with Gasteiger partial charge in [-0.05, 0) is 37.7 Å². The maximum Gasteiger partial charge on any atom is 0.191 e. The second-order valence-electron chi connectivity index (χ2n) is 7.33. The summed E-state index contributed by atoms with van der Waals surface area (Å²) >= 11 is 0. The number of benzene rings is 1. The van der Waals surface area contributed by atoms with Crippen LogP contribution in [0, 0.1) is 0 Å². The highest BCUT2D eigenvalue weighted by Gasteiger charge is 2.12. The highest BCUT2D eigenvalue weighted by Crippen LogP contribution is 2.10. The van der Waals surface area contributed by atoms with Gasteiger partial charge in [0.25, 0.3) is 0 Å². The molecule has 0 amide bonds. The van der Waals surface area contributed by atoms with E-state index in [1.165, 1.54) is 30.6 Å². The van der Waals surface area contributed by atoms with Gasteiger partial charge in [-0.3, -0.25) is 14.6 Å². The second-order valence-corrected chi connectivity index (χ2v) is 7.33. The van der Waals surface area contributed by atoms with Crippen molar-refractivity contribution in [1.82, 2.24) is 35.2 Å². The van der Waals surface area contributed by atoms with E-state index in [0.29, 0.717) is 6.54 Å². The van der Waals surface area contributed by atoms with Crippen molar-refractivity contribution in [2.45, 2.75) is 26.1 Å². The maximum absolute atomic E-state index is 4.27. The fraction of sp³-hybridized carbons (Fsp3) is 0.550. The van der Waals surface area contributed by atoms with Crippen LogP contribution in [0.15, 0.2) is 35.6 Å². The Kier molecular flexibility index (Phi) is 7.39. The van der Waals surface area contributed by atoms with Crippen LogP contribution in [0.25, 0.3) is 0 Å². The van der Waals surface area contributed by atoms with Gasteiger partial charge in [0, 0.05) is 40.3 Å². The van der Waals surface area contributed by atoms with E-state index in [2.05, 4.69) is 66.8 Å². The van der Waals surface area contributed by atoms with Gasteiger partial charge in [0.1, 0.15) is 12.2 Å². The number of aryl methyl sites for hydroxylation is 1. The number of hydrogen-bond donors (Lipinski definition) is 2. The van der Waals surface area contributed by atoms with Gasteiger partial charge >= 0.3 is 0 Å². The lowest BCUT2D eigenvalue weighted by molar-refractivity contribution is 0.269. The molecule has 2 aromatic rings. The van der Waals surface area contributed by atoms with E-state index in [4.69, 9.17) is 0 Å². The maximum atomic E-state index is 4.27. The van der Waals surface area contributed by atoms with E-state index in [1.807, 2.05) is 7.05 Å². The van der Waals surface area contributed by atoms with Crippen molar-refractivity contribution < 1.29 is 0 Å². The molecule has 0 atom stereocenters. The Morgan fingerprint density at radius 3 is 2.46 bits per heavy atom. The van der Waals surface area contributed by atoms with Gasteiger partial charge in [-0.25, -0.2) is 4.98 Å². The molecule has 0 bridgehead atoms. The first-order valence-corrected chi connectivity index (χ1v) is 9.90. The fourth-order valence-electron chi connectivity index (χ4n) is 3.33. The standard InChI is InChI=1S/C20H32N8/c1-21-20(23-14-19-24-16-25-27(19)3)22-13-17-5-7-18(8-6-17)15-28-10-4-9-26(2)11-12-28/h5-8,16H,4,9-15H2,1-3H3,(H2,21,22,23). The highest BCUT2D eigenvalue weighted by atomic mass is 15.3. The number of nitrogens with zero attached hydrogens (tertiary/aromatic N) is 6. The molecule has 1 fully saturated rings. The van der Waals surface area contributed by atoms with Crippen LogP contribution in [0.5, 0.6) is 0 Å². The molecule has 2 heterocycles. The minimum absolute atomic E-state index is 0.583. The zero-order chi connectivity index (χ0) is 19.8. The van der Waals surface area contributed by atoms with Crippen molar-refractivity contribution in [3.05, 3.63) is 47.5 Å². The number of likely N-dealkylation sites (N-methyl/N-ethyl adjacent to an activating group) is 1. The Morgan fingerprint density at radius 1 is 1.00 bits per heavy atom. The molecule has 8 heteroatoms. The fourth-order valence-corrected chi connectivity index (χ4v) is 3.33. The first-order valence-electron chi connectivity index (χ1n) is 9.90. The van der Waals surface area contributed by atoms with Crippen molar-refractivity contribution in [3.8, 4) is 0 Å². The largest absolute Gasteiger partial charge is 0.352 e. The predicted octanol–water partition coefficient (Wildman–Crippen LogP) is 0.818. The summed E-state index contributed by atoms with van der Waals surface area (Å²) in [6.45, 7) is 7.03. The summed E-state index contributed by atoms with van der Waals surface area (Å²) < 4.78 is 1.75. The first-order chi connectivity index (χ1) is 13.6. The molecule has 3 rings (SSSR count). The predicted molar refractivity (Wildman–Crippen MR) is 112 cm³/mol. The van der Waals surface area contributed by atoms with Crippen molar-refractivity contribution in [2.75, 3.05) is 40.3 Å². The zero-order valence-corrected chi connectivity index (χ0v) is 17.2. The van der Waals surface area contributed by atoms with E-state index in [-0.39, 0.29) is 0 Å². The Morgan fingerprint density at radius 2 is 1.75 bits per heavy atom. The van der Waals surface area contributed by atoms with Crippen LogP contribution in [-0.2, 0) is 26.7 Å². The average molecular weight is 385 g/mol. The number of nitrogens with one attached hydrogen (secondary N) is 2. The number of guanidine groups is 1. The molecule has 28 heavy (non-hydrogen) atoms. The lowest BCUT2D eigenvalue weighted by Crippen LogP contribution is -2.36. The third-order valence-electron chi connectivity index (χ3n) is 5.14. The van der Waals surface area contributed by atoms with Gasteiger partial charge in [-0.1, -0.05) is 24.3 Å². The molecule has 1 aliphatic rings. The number of aliphatic imine (C=N–C) groups is 1. The molecule has 0 unspecified atom stereocenters. The summed E-state index contributed by atoms with van der Waals surface area (Å²) in [5.41, 5.74) is 2.61. The van der Waals surface area contributed by atoms with E-state index >= 15 is 0 Å². The second kappa shape index (κ2) is 10.2. The van der Waals surface area contributed by atoms with Gasteiger partial charge < -0.3 is 15.5 Å². The van der Waals surface area contributed by atoms with E-state index < -0.39 is 0 Å². The Bertz CT molecular complexity index is 752. The molecule has 1 aromatic carbocycles. The molecule has 0 saturated carbocycles. The third-order valence-corrected chi connectivity index (χ3v) is 5.14. The van der Waals surface area contributed by atoms with Crippen molar-refractivity contribution in [3.63, 3.8) is 0 Å². The van der Waals surface area contributed by atoms with E-state index in [1.54, 1.807) is 18.1 Å². The first kappa shape index (κ1) is 20.3. The van der Waals surface area contributed by atoms with Crippen LogP contribution < -0.4 is 10.6 Å². The van der Waals surface area contributed by atoms with Crippen LogP contribution in [0.4, 0.5) is 0 Å². The van der Waals surface area contributed by atoms with Gasteiger partial charge in [0.05, 0.1) is 6.54 Å². The topological polar surface area (TPSA) is 73.6 Å². The molecule has 0 radical (unpaired) electrons. The van der Waals surface area contributed by atoms with Crippen LogP contribution in [0.3, 0.4) is 0 Å². The van der Waals surface area contributed by atoms with Crippen LogP contribution >= 0.6 is 0 Å². The summed E-state index contributed by atoms with van der Waals surface area (Å²) in [6.07, 6.45) is 2.80. The number of aromatic nitrogens is 3. The summed E-state index contributed by atoms with van der Waals surface area (Å²) in [6, 6.07) is 8.87. The molecular formula is C20H32N8. The minimum atomic E-state index is 0.583. The Labute approximate surface area is 167 Å². The van der Waals surface area contributed by atoms with Gasteiger partial charge in [0.2, 0.25) is 0 Å². The SMILES string of the molecule is CN=C(NCc1ccc(CN2CCCN(C)CC2)cc1)NCc1ncnn1C. The summed E-state index contributed by atoms with van der Waals surface area (Å²) in [5, 5.41) is 10.7. The smallest absolute Gasteiger partial charge is 0.191 e. The summed E-state index contributed by atoms with van der Waals surface area (Å²) in [5.74, 6) is 1.62. The molecular weight excluding hydrogens is 352 g/mol. The lowest BCUT2D eigenvalue weighted by Gasteiger charge is -2.20. The quantitative estimate of drug-likeness (QED) is 0.567. The van der Waals surface area contributed by atoms with Crippen LogP contribution in [-0.4, -0.2) is 70.8 Å². The minimum Gasteiger partial charge on any atom is -0.352 e.